The zero-order chi connectivity index (χ0) is 14.1. The predicted octanol–water partition coefficient (Wildman–Crippen LogP) is 4.16. The fourth-order valence-electron chi connectivity index (χ4n) is 1.90. The Hall–Kier alpha value is -0.730. The molecule has 1 aromatic carbocycles. The van der Waals surface area contributed by atoms with Crippen molar-refractivity contribution in [3.05, 3.63) is 29.8 Å². The van der Waals surface area contributed by atoms with Gasteiger partial charge in [-0.2, -0.15) is 0 Å². The zero-order valence-electron chi connectivity index (χ0n) is 12.2. The summed E-state index contributed by atoms with van der Waals surface area (Å²) in [5.41, 5.74) is 1.30. The molecule has 0 aliphatic carbocycles. The molecular weight excluding hydrogens is 260 g/mol. The predicted molar refractivity (Wildman–Crippen MR) is 81.2 cm³/mol. The van der Waals surface area contributed by atoms with Crippen molar-refractivity contribution in [2.75, 3.05) is 26.2 Å². The number of methoxy groups -OCH3 is 1. The zero-order valence-corrected chi connectivity index (χ0v) is 13.0. The Kier molecular flexibility index (Phi) is 7.92. The second kappa shape index (κ2) is 9.22. The van der Waals surface area contributed by atoms with Crippen molar-refractivity contribution >= 4 is 11.6 Å². The number of hydrogen-bond donors (Lipinski definition) is 0. The first-order valence-corrected chi connectivity index (χ1v) is 7.45. The Morgan fingerprint density at radius 2 is 1.84 bits per heavy atom. The Morgan fingerprint density at radius 3 is 2.37 bits per heavy atom. The third kappa shape index (κ3) is 6.84. The third-order valence-electron chi connectivity index (χ3n) is 3.02. The van der Waals surface area contributed by atoms with Crippen molar-refractivity contribution in [2.45, 2.75) is 26.7 Å². The van der Waals surface area contributed by atoms with Gasteiger partial charge in [-0.05, 0) is 42.4 Å². The molecule has 0 N–H and O–H groups in total. The van der Waals surface area contributed by atoms with Crippen LogP contribution in [0.25, 0.3) is 0 Å². The molecule has 0 fully saturated rings. The molecule has 0 amide bonds. The van der Waals surface area contributed by atoms with Gasteiger partial charge in [-0.1, -0.05) is 26.0 Å². The van der Waals surface area contributed by atoms with Gasteiger partial charge in [0.05, 0.1) is 7.11 Å². The van der Waals surface area contributed by atoms with E-state index in [1.54, 1.807) is 7.11 Å². The highest BCUT2D eigenvalue weighted by atomic mass is 35.5. The molecule has 0 heterocycles. The van der Waals surface area contributed by atoms with Crippen LogP contribution >= 0.6 is 11.6 Å². The lowest BCUT2D eigenvalue weighted by molar-refractivity contribution is 0.0996. The van der Waals surface area contributed by atoms with Crippen molar-refractivity contribution in [3.8, 4) is 5.75 Å². The van der Waals surface area contributed by atoms with Crippen LogP contribution in [0.1, 0.15) is 25.8 Å². The van der Waals surface area contributed by atoms with Crippen LogP contribution in [-0.4, -0.2) is 26.2 Å². The number of rotatable bonds is 9. The second-order valence-electron chi connectivity index (χ2n) is 5.33. The fraction of sp³-hybridized carbons (Fsp3) is 0.625. The number of ether oxygens (including phenoxy) is 2. The number of halogens is 1. The van der Waals surface area contributed by atoms with Gasteiger partial charge < -0.3 is 9.47 Å². The first kappa shape index (κ1) is 16.3. The first-order valence-electron chi connectivity index (χ1n) is 6.92. The van der Waals surface area contributed by atoms with Crippen molar-refractivity contribution in [1.29, 1.82) is 0 Å². The standard InChI is InChI=1S/C16H25ClO2/c1-13(2)12-19-9-8-15(11-17)10-14-4-6-16(18-3)7-5-14/h4-7,13,15H,8-12H2,1-3H3. The van der Waals surface area contributed by atoms with E-state index >= 15 is 0 Å². The largest absolute Gasteiger partial charge is 0.497 e. The van der Waals surface area contributed by atoms with Crippen LogP contribution in [0.5, 0.6) is 5.75 Å². The summed E-state index contributed by atoms with van der Waals surface area (Å²) < 4.78 is 10.8. The molecule has 1 aromatic rings. The van der Waals surface area contributed by atoms with Crippen LogP contribution < -0.4 is 4.74 Å². The monoisotopic (exact) mass is 284 g/mol. The highest BCUT2D eigenvalue weighted by molar-refractivity contribution is 6.18. The Balaban J connectivity index is 2.34. The van der Waals surface area contributed by atoms with E-state index in [1.165, 1.54) is 5.56 Å². The molecule has 1 unspecified atom stereocenters. The van der Waals surface area contributed by atoms with Gasteiger partial charge in [0.15, 0.2) is 0 Å². The van der Waals surface area contributed by atoms with Gasteiger partial charge in [-0.15, -0.1) is 11.6 Å². The lowest BCUT2D eigenvalue weighted by atomic mass is 9.98. The highest BCUT2D eigenvalue weighted by Gasteiger charge is 2.09. The van der Waals surface area contributed by atoms with Gasteiger partial charge in [0, 0.05) is 19.1 Å². The number of hydrogen-bond acceptors (Lipinski definition) is 2. The Labute approximate surface area is 122 Å². The lowest BCUT2D eigenvalue weighted by Crippen LogP contribution is -2.12. The van der Waals surface area contributed by atoms with E-state index in [9.17, 15) is 0 Å². The summed E-state index contributed by atoms with van der Waals surface area (Å²) in [6.45, 7) is 5.95. The van der Waals surface area contributed by atoms with Crippen LogP contribution in [0.4, 0.5) is 0 Å². The molecular formula is C16H25ClO2. The minimum Gasteiger partial charge on any atom is -0.497 e. The maximum atomic E-state index is 6.04. The van der Waals surface area contributed by atoms with E-state index in [0.717, 1.165) is 31.8 Å². The molecule has 19 heavy (non-hydrogen) atoms. The van der Waals surface area contributed by atoms with Crippen molar-refractivity contribution in [2.24, 2.45) is 11.8 Å². The highest BCUT2D eigenvalue weighted by Crippen LogP contribution is 2.17. The van der Waals surface area contributed by atoms with Crippen molar-refractivity contribution < 1.29 is 9.47 Å². The fourth-order valence-corrected chi connectivity index (χ4v) is 2.16. The van der Waals surface area contributed by atoms with E-state index in [-0.39, 0.29) is 0 Å². The number of benzene rings is 1. The van der Waals surface area contributed by atoms with Gasteiger partial charge in [0.25, 0.3) is 0 Å². The van der Waals surface area contributed by atoms with Crippen molar-refractivity contribution in [3.63, 3.8) is 0 Å². The Bertz CT molecular complexity index is 335. The molecule has 1 atom stereocenters. The smallest absolute Gasteiger partial charge is 0.118 e. The minimum atomic E-state index is 0.474. The maximum absolute atomic E-state index is 6.04. The van der Waals surface area contributed by atoms with E-state index in [0.29, 0.717) is 17.7 Å². The third-order valence-corrected chi connectivity index (χ3v) is 3.46. The molecule has 3 heteroatoms. The van der Waals surface area contributed by atoms with Gasteiger partial charge >= 0.3 is 0 Å². The van der Waals surface area contributed by atoms with E-state index < -0.39 is 0 Å². The lowest BCUT2D eigenvalue weighted by Gasteiger charge is -2.15. The van der Waals surface area contributed by atoms with Crippen LogP contribution in [0.2, 0.25) is 0 Å². The summed E-state index contributed by atoms with van der Waals surface area (Å²) in [7, 11) is 1.68. The summed E-state index contributed by atoms with van der Waals surface area (Å²) in [6.07, 6.45) is 2.01. The summed E-state index contributed by atoms with van der Waals surface area (Å²) in [6, 6.07) is 8.20. The van der Waals surface area contributed by atoms with Gasteiger partial charge in [0.1, 0.15) is 5.75 Å². The van der Waals surface area contributed by atoms with Crippen LogP contribution in [0.3, 0.4) is 0 Å². The second-order valence-corrected chi connectivity index (χ2v) is 5.64. The summed E-state index contributed by atoms with van der Waals surface area (Å²) in [4.78, 5) is 0. The van der Waals surface area contributed by atoms with Gasteiger partial charge in [-0.3, -0.25) is 0 Å². The van der Waals surface area contributed by atoms with Gasteiger partial charge in [-0.25, -0.2) is 0 Å². The maximum Gasteiger partial charge on any atom is 0.118 e. The molecule has 0 saturated heterocycles. The van der Waals surface area contributed by atoms with E-state index in [2.05, 4.69) is 26.0 Å². The van der Waals surface area contributed by atoms with Crippen LogP contribution in [-0.2, 0) is 11.2 Å². The molecule has 0 aliphatic heterocycles. The molecule has 0 radical (unpaired) electrons. The molecule has 0 aliphatic rings. The number of alkyl halides is 1. The SMILES string of the molecule is COc1ccc(CC(CCl)CCOCC(C)C)cc1. The molecule has 0 spiro atoms. The molecule has 0 aromatic heterocycles. The van der Waals surface area contributed by atoms with Crippen LogP contribution in [0, 0.1) is 11.8 Å². The average molecular weight is 285 g/mol. The van der Waals surface area contributed by atoms with E-state index in [4.69, 9.17) is 21.1 Å². The van der Waals surface area contributed by atoms with Gasteiger partial charge in [0.2, 0.25) is 0 Å². The normalized spacial score (nSPS) is 12.7. The first-order chi connectivity index (χ1) is 9.15. The summed E-state index contributed by atoms with van der Waals surface area (Å²) in [5.74, 6) is 2.64. The van der Waals surface area contributed by atoms with Crippen LogP contribution in [0.15, 0.2) is 24.3 Å². The molecule has 0 saturated carbocycles. The topological polar surface area (TPSA) is 18.5 Å². The minimum absolute atomic E-state index is 0.474. The quantitative estimate of drug-likeness (QED) is 0.501. The summed E-state index contributed by atoms with van der Waals surface area (Å²) >= 11 is 6.04. The molecule has 108 valence electrons. The molecule has 1 rings (SSSR count). The Morgan fingerprint density at radius 1 is 1.16 bits per heavy atom. The molecule has 0 bridgehead atoms. The van der Waals surface area contributed by atoms with Crippen molar-refractivity contribution in [1.82, 2.24) is 0 Å². The average Bonchev–Trinajstić information content (AvgIpc) is 2.42. The molecule has 2 nitrogen and oxygen atoms in total. The summed E-state index contributed by atoms with van der Waals surface area (Å²) in [5, 5.41) is 0. The van der Waals surface area contributed by atoms with E-state index in [1.807, 2.05) is 12.1 Å².